The number of aliphatic hydroxyl groups is 1. The van der Waals surface area contributed by atoms with Gasteiger partial charge in [0.15, 0.2) is 0 Å². The Balaban J connectivity index is 1.54. The van der Waals surface area contributed by atoms with Crippen molar-refractivity contribution in [1.82, 2.24) is 9.97 Å². The van der Waals surface area contributed by atoms with Gasteiger partial charge < -0.3 is 15.7 Å². The van der Waals surface area contributed by atoms with Crippen molar-refractivity contribution in [3.05, 3.63) is 77.5 Å². The van der Waals surface area contributed by atoms with E-state index in [1.807, 2.05) is 12.1 Å². The summed E-state index contributed by atoms with van der Waals surface area (Å²) in [5.41, 5.74) is 4.12. The summed E-state index contributed by atoms with van der Waals surface area (Å²) in [5, 5.41) is 17.2. The van der Waals surface area contributed by atoms with Crippen LogP contribution in [0.5, 0.6) is 0 Å². The van der Waals surface area contributed by atoms with E-state index in [1.54, 1.807) is 13.1 Å². The first-order valence-corrected chi connectivity index (χ1v) is 11.4. The van der Waals surface area contributed by atoms with Crippen molar-refractivity contribution in [2.24, 2.45) is 5.92 Å². The molecule has 4 rings (SSSR count). The molecular formula is C26H32N4O. The van der Waals surface area contributed by atoms with Gasteiger partial charge in [-0.05, 0) is 49.3 Å². The van der Waals surface area contributed by atoms with Gasteiger partial charge in [0.1, 0.15) is 5.82 Å². The van der Waals surface area contributed by atoms with Crippen molar-refractivity contribution < 1.29 is 5.11 Å². The second-order valence-corrected chi connectivity index (χ2v) is 8.50. The van der Waals surface area contributed by atoms with E-state index in [0.29, 0.717) is 23.2 Å². The number of anilines is 3. The van der Waals surface area contributed by atoms with E-state index in [-0.39, 0.29) is 0 Å². The number of rotatable bonds is 8. The fourth-order valence-electron chi connectivity index (χ4n) is 4.25. The Kier molecular flexibility index (Phi) is 7.15. The zero-order chi connectivity index (χ0) is 21.5. The second-order valence-electron chi connectivity index (χ2n) is 8.50. The van der Waals surface area contributed by atoms with Crippen molar-refractivity contribution in [3.8, 4) is 0 Å². The lowest BCUT2D eigenvalue weighted by atomic mass is 9.89. The molecule has 2 aromatic carbocycles. The summed E-state index contributed by atoms with van der Waals surface area (Å²) in [6.07, 6.45) is 8.43. The van der Waals surface area contributed by atoms with E-state index in [0.717, 1.165) is 18.7 Å². The molecule has 1 aliphatic rings. The van der Waals surface area contributed by atoms with Crippen LogP contribution in [0.15, 0.2) is 60.8 Å². The summed E-state index contributed by atoms with van der Waals surface area (Å²) in [4.78, 5) is 9.18. The second kappa shape index (κ2) is 10.4. The Morgan fingerprint density at radius 3 is 2.52 bits per heavy atom. The Bertz CT molecular complexity index is 968. The van der Waals surface area contributed by atoms with Crippen LogP contribution in [0.25, 0.3) is 0 Å². The van der Waals surface area contributed by atoms with Crippen LogP contribution >= 0.6 is 0 Å². The molecule has 1 saturated carbocycles. The zero-order valence-electron chi connectivity index (χ0n) is 18.2. The van der Waals surface area contributed by atoms with Crippen LogP contribution in [0.2, 0.25) is 0 Å². The van der Waals surface area contributed by atoms with Crippen molar-refractivity contribution in [2.45, 2.75) is 51.6 Å². The molecule has 1 heterocycles. The molecular weight excluding hydrogens is 384 g/mol. The van der Waals surface area contributed by atoms with Crippen LogP contribution in [-0.4, -0.2) is 21.6 Å². The Hall–Kier alpha value is -2.92. The third-order valence-corrected chi connectivity index (χ3v) is 6.05. The average molecular weight is 417 g/mol. The molecule has 1 aromatic heterocycles. The summed E-state index contributed by atoms with van der Waals surface area (Å²) in [6.45, 7) is 2.65. The number of aromatic nitrogens is 2. The molecule has 1 atom stereocenters. The maximum absolute atomic E-state index is 10.3. The summed E-state index contributed by atoms with van der Waals surface area (Å²) in [6, 6.07) is 18.7. The summed E-state index contributed by atoms with van der Waals surface area (Å²) in [5.74, 6) is 1.95. The number of nitrogens with zero attached hydrogens (tertiary/aromatic N) is 2. The first-order valence-electron chi connectivity index (χ1n) is 11.4. The molecule has 1 fully saturated rings. The van der Waals surface area contributed by atoms with Gasteiger partial charge in [0.25, 0.3) is 0 Å². The third kappa shape index (κ3) is 5.82. The van der Waals surface area contributed by atoms with E-state index >= 15 is 0 Å². The molecule has 1 aliphatic carbocycles. The molecule has 31 heavy (non-hydrogen) atoms. The minimum atomic E-state index is -0.656. The highest BCUT2D eigenvalue weighted by Crippen LogP contribution is 2.28. The van der Waals surface area contributed by atoms with E-state index < -0.39 is 6.10 Å². The lowest BCUT2D eigenvalue weighted by Crippen LogP contribution is -2.18. The van der Waals surface area contributed by atoms with Crippen LogP contribution < -0.4 is 10.6 Å². The Labute approximate surface area is 185 Å². The fourth-order valence-corrected chi connectivity index (χ4v) is 4.25. The van der Waals surface area contributed by atoms with E-state index in [1.165, 1.54) is 43.2 Å². The van der Waals surface area contributed by atoms with Crippen LogP contribution in [0.4, 0.5) is 17.5 Å². The van der Waals surface area contributed by atoms with Crippen molar-refractivity contribution in [1.29, 1.82) is 0 Å². The summed E-state index contributed by atoms with van der Waals surface area (Å²) in [7, 11) is 0. The lowest BCUT2D eigenvalue weighted by Gasteiger charge is -2.22. The normalized spacial score (nSPS) is 15.4. The smallest absolute Gasteiger partial charge is 0.224 e. The molecule has 162 valence electrons. The first-order chi connectivity index (χ1) is 15.2. The SMILES string of the molecule is CC(O)c1cnc(NCC2CCCCC2)nc1Nc1ccccc1Cc1ccccc1. The summed E-state index contributed by atoms with van der Waals surface area (Å²) >= 11 is 0. The Morgan fingerprint density at radius 2 is 1.74 bits per heavy atom. The van der Waals surface area contributed by atoms with Gasteiger partial charge >= 0.3 is 0 Å². The average Bonchev–Trinajstić information content (AvgIpc) is 2.80. The number of para-hydroxylation sites is 1. The van der Waals surface area contributed by atoms with Crippen molar-refractivity contribution in [3.63, 3.8) is 0 Å². The molecule has 5 heteroatoms. The predicted octanol–water partition coefficient (Wildman–Crippen LogP) is 5.86. The van der Waals surface area contributed by atoms with Crippen LogP contribution in [-0.2, 0) is 6.42 Å². The minimum Gasteiger partial charge on any atom is -0.389 e. The van der Waals surface area contributed by atoms with Gasteiger partial charge in [0.05, 0.1) is 6.10 Å². The summed E-state index contributed by atoms with van der Waals surface area (Å²) < 4.78 is 0. The first kappa shape index (κ1) is 21.3. The molecule has 0 saturated heterocycles. The molecule has 0 aliphatic heterocycles. The molecule has 0 amide bonds. The molecule has 1 unspecified atom stereocenters. The fraction of sp³-hybridized carbons (Fsp3) is 0.385. The van der Waals surface area contributed by atoms with Crippen molar-refractivity contribution in [2.75, 3.05) is 17.2 Å². The molecule has 3 aromatic rings. The Morgan fingerprint density at radius 1 is 1.00 bits per heavy atom. The standard InChI is InChI=1S/C26H32N4O/c1-19(31)23-18-28-26(27-17-21-12-6-3-7-13-21)30-25(23)29-24-15-9-8-14-22(24)16-20-10-4-2-5-11-20/h2,4-5,8-11,14-15,18-19,21,31H,3,6-7,12-13,16-17H2,1H3,(H2,27,28,29,30). The van der Waals surface area contributed by atoms with E-state index in [9.17, 15) is 5.11 Å². The lowest BCUT2D eigenvalue weighted by molar-refractivity contribution is 0.199. The van der Waals surface area contributed by atoms with E-state index in [4.69, 9.17) is 4.98 Å². The van der Waals surface area contributed by atoms with Gasteiger partial charge in [0.2, 0.25) is 5.95 Å². The number of aliphatic hydroxyl groups excluding tert-OH is 1. The highest BCUT2D eigenvalue weighted by Gasteiger charge is 2.16. The number of nitrogens with one attached hydrogen (secondary N) is 2. The van der Waals surface area contributed by atoms with Crippen molar-refractivity contribution >= 4 is 17.5 Å². The quantitative estimate of drug-likeness (QED) is 0.429. The van der Waals surface area contributed by atoms with Gasteiger partial charge in [0, 0.05) is 24.0 Å². The monoisotopic (exact) mass is 416 g/mol. The maximum Gasteiger partial charge on any atom is 0.224 e. The van der Waals surface area contributed by atoms with E-state index in [2.05, 4.69) is 58.1 Å². The van der Waals surface area contributed by atoms with Gasteiger partial charge in [-0.1, -0.05) is 67.8 Å². The number of hydrogen-bond acceptors (Lipinski definition) is 5. The van der Waals surface area contributed by atoms with Crippen LogP contribution in [0, 0.1) is 5.92 Å². The largest absolute Gasteiger partial charge is 0.389 e. The highest BCUT2D eigenvalue weighted by molar-refractivity contribution is 5.64. The topological polar surface area (TPSA) is 70.1 Å². The van der Waals surface area contributed by atoms with Gasteiger partial charge in [-0.15, -0.1) is 0 Å². The molecule has 5 nitrogen and oxygen atoms in total. The number of hydrogen-bond donors (Lipinski definition) is 3. The molecule has 0 bridgehead atoms. The predicted molar refractivity (Wildman–Crippen MR) is 127 cm³/mol. The van der Waals surface area contributed by atoms with Gasteiger partial charge in [-0.25, -0.2) is 4.98 Å². The highest BCUT2D eigenvalue weighted by atomic mass is 16.3. The van der Waals surface area contributed by atoms with Gasteiger partial charge in [-0.2, -0.15) is 4.98 Å². The molecule has 0 spiro atoms. The zero-order valence-corrected chi connectivity index (χ0v) is 18.2. The third-order valence-electron chi connectivity index (χ3n) is 6.05. The van der Waals surface area contributed by atoms with Crippen LogP contribution in [0.1, 0.15) is 61.8 Å². The molecule has 3 N–H and O–H groups in total. The maximum atomic E-state index is 10.3. The minimum absolute atomic E-state index is 0.609. The van der Waals surface area contributed by atoms with Gasteiger partial charge in [-0.3, -0.25) is 0 Å². The van der Waals surface area contributed by atoms with Crippen LogP contribution in [0.3, 0.4) is 0 Å². The number of benzene rings is 2. The molecule has 0 radical (unpaired) electrons.